The zero-order valence-corrected chi connectivity index (χ0v) is 12.7. The summed E-state index contributed by atoms with van der Waals surface area (Å²) in [7, 11) is 0. The summed E-state index contributed by atoms with van der Waals surface area (Å²) in [6.07, 6.45) is 0.750. The standard InChI is InChI=1S/C12H16O2.2C2H6/c1-3-14-12(13)10(2)9-11-7-5-4-6-8-11;2*1-2/h4-8,10H,3,9H2,1-2H3;2*1-2H3. The molecule has 0 radical (unpaired) electrons. The van der Waals surface area contributed by atoms with E-state index in [2.05, 4.69) is 0 Å². The molecule has 0 N–H and O–H groups in total. The predicted octanol–water partition coefficient (Wildman–Crippen LogP) is 4.48. The van der Waals surface area contributed by atoms with Crippen molar-refractivity contribution in [1.82, 2.24) is 0 Å². The summed E-state index contributed by atoms with van der Waals surface area (Å²) in [6, 6.07) is 9.98. The molecule has 1 atom stereocenters. The molecule has 2 heteroatoms. The number of hydrogen-bond acceptors (Lipinski definition) is 2. The number of ether oxygens (including phenoxy) is 1. The van der Waals surface area contributed by atoms with Crippen LogP contribution in [-0.2, 0) is 16.0 Å². The van der Waals surface area contributed by atoms with Gasteiger partial charge in [-0.05, 0) is 18.9 Å². The summed E-state index contributed by atoms with van der Waals surface area (Å²) in [4.78, 5) is 11.3. The molecule has 0 aliphatic heterocycles. The first-order valence-corrected chi connectivity index (χ1v) is 6.94. The first-order chi connectivity index (χ1) is 8.74. The summed E-state index contributed by atoms with van der Waals surface area (Å²) in [5, 5.41) is 0. The van der Waals surface area contributed by atoms with Crippen LogP contribution in [0.5, 0.6) is 0 Å². The predicted molar refractivity (Wildman–Crippen MR) is 78.6 cm³/mol. The highest BCUT2D eigenvalue weighted by Crippen LogP contribution is 2.09. The second-order valence-electron chi connectivity index (χ2n) is 3.34. The molecule has 2 nitrogen and oxygen atoms in total. The van der Waals surface area contributed by atoms with Gasteiger partial charge in [0.2, 0.25) is 0 Å². The highest BCUT2D eigenvalue weighted by molar-refractivity contribution is 5.72. The van der Waals surface area contributed by atoms with Crippen molar-refractivity contribution in [3.63, 3.8) is 0 Å². The highest BCUT2D eigenvalue weighted by Gasteiger charge is 2.13. The normalized spacial score (nSPS) is 10.1. The van der Waals surface area contributed by atoms with Crippen LogP contribution in [0.4, 0.5) is 0 Å². The summed E-state index contributed by atoms with van der Waals surface area (Å²) < 4.78 is 4.94. The molecule has 0 bridgehead atoms. The van der Waals surface area contributed by atoms with Crippen molar-refractivity contribution in [3.8, 4) is 0 Å². The zero-order chi connectivity index (χ0) is 14.4. The van der Waals surface area contributed by atoms with Gasteiger partial charge in [0.25, 0.3) is 0 Å². The van der Waals surface area contributed by atoms with Gasteiger partial charge in [0, 0.05) is 0 Å². The summed E-state index contributed by atoms with van der Waals surface area (Å²) in [6.45, 7) is 12.2. The quantitative estimate of drug-likeness (QED) is 0.738. The number of carbonyl (C=O) groups excluding carboxylic acids is 1. The fourth-order valence-corrected chi connectivity index (χ4v) is 1.34. The van der Waals surface area contributed by atoms with Crippen molar-refractivity contribution >= 4 is 5.97 Å². The van der Waals surface area contributed by atoms with Gasteiger partial charge in [-0.25, -0.2) is 0 Å². The molecule has 0 fully saturated rings. The van der Waals surface area contributed by atoms with Crippen molar-refractivity contribution in [2.75, 3.05) is 6.61 Å². The molecule has 1 unspecified atom stereocenters. The molecule has 0 aliphatic rings. The zero-order valence-electron chi connectivity index (χ0n) is 12.7. The fourth-order valence-electron chi connectivity index (χ4n) is 1.34. The lowest BCUT2D eigenvalue weighted by Crippen LogP contribution is -2.16. The number of benzene rings is 1. The van der Waals surface area contributed by atoms with Crippen LogP contribution in [0.25, 0.3) is 0 Å². The molecule has 18 heavy (non-hydrogen) atoms. The Morgan fingerprint density at radius 2 is 1.61 bits per heavy atom. The van der Waals surface area contributed by atoms with E-state index in [1.807, 2.05) is 71.9 Å². The average molecular weight is 252 g/mol. The van der Waals surface area contributed by atoms with Crippen LogP contribution in [0.1, 0.15) is 47.1 Å². The molecule has 1 aromatic rings. The van der Waals surface area contributed by atoms with E-state index in [4.69, 9.17) is 4.74 Å². The van der Waals surface area contributed by atoms with E-state index in [1.54, 1.807) is 0 Å². The SMILES string of the molecule is CC.CC.CCOC(=O)C(C)Cc1ccccc1. The maximum atomic E-state index is 11.3. The van der Waals surface area contributed by atoms with Gasteiger partial charge in [0.15, 0.2) is 0 Å². The summed E-state index contributed by atoms with van der Waals surface area (Å²) >= 11 is 0. The minimum absolute atomic E-state index is 0.0580. The van der Waals surface area contributed by atoms with E-state index in [0.29, 0.717) is 6.61 Å². The second kappa shape index (κ2) is 13.8. The van der Waals surface area contributed by atoms with Crippen LogP contribution < -0.4 is 0 Å². The number of rotatable bonds is 4. The Morgan fingerprint density at radius 1 is 1.11 bits per heavy atom. The molecule has 0 saturated heterocycles. The number of carbonyl (C=O) groups is 1. The maximum Gasteiger partial charge on any atom is 0.308 e. The Labute approximate surface area is 112 Å². The van der Waals surface area contributed by atoms with Crippen LogP contribution in [0.15, 0.2) is 30.3 Å². The van der Waals surface area contributed by atoms with E-state index in [-0.39, 0.29) is 11.9 Å². The molecule has 0 spiro atoms. The molecule has 0 amide bonds. The molecule has 0 aromatic heterocycles. The van der Waals surface area contributed by atoms with Crippen LogP contribution in [0, 0.1) is 5.92 Å². The van der Waals surface area contributed by atoms with E-state index in [0.717, 1.165) is 6.42 Å². The van der Waals surface area contributed by atoms with E-state index in [1.165, 1.54) is 5.56 Å². The lowest BCUT2D eigenvalue weighted by atomic mass is 10.0. The van der Waals surface area contributed by atoms with Crippen LogP contribution in [0.3, 0.4) is 0 Å². The molecule has 0 heterocycles. The summed E-state index contributed by atoms with van der Waals surface area (Å²) in [5.41, 5.74) is 1.17. The largest absolute Gasteiger partial charge is 0.466 e. The van der Waals surface area contributed by atoms with E-state index >= 15 is 0 Å². The van der Waals surface area contributed by atoms with Crippen molar-refractivity contribution in [2.45, 2.75) is 48.0 Å². The smallest absolute Gasteiger partial charge is 0.308 e. The van der Waals surface area contributed by atoms with Crippen molar-refractivity contribution in [1.29, 1.82) is 0 Å². The van der Waals surface area contributed by atoms with E-state index < -0.39 is 0 Å². The Kier molecular flexibility index (Phi) is 14.5. The monoisotopic (exact) mass is 252 g/mol. The number of hydrogen-bond donors (Lipinski definition) is 0. The van der Waals surface area contributed by atoms with Gasteiger partial charge in [0.1, 0.15) is 0 Å². The van der Waals surface area contributed by atoms with Crippen LogP contribution in [-0.4, -0.2) is 12.6 Å². The van der Waals surface area contributed by atoms with Gasteiger partial charge in [-0.15, -0.1) is 0 Å². The average Bonchev–Trinajstić information content (AvgIpc) is 2.44. The third kappa shape index (κ3) is 8.80. The van der Waals surface area contributed by atoms with Gasteiger partial charge < -0.3 is 4.74 Å². The first-order valence-electron chi connectivity index (χ1n) is 6.94. The van der Waals surface area contributed by atoms with Crippen LogP contribution in [0.2, 0.25) is 0 Å². The third-order valence-electron chi connectivity index (χ3n) is 2.07. The molecule has 0 saturated carbocycles. The van der Waals surface area contributed by atoms with E-state index in [9.17, 15) is 4.79 Å². The molecule has 1 aromatic carbocycles. The Balaban J connectivity index is 0. The highest BCUT2D eigenvalue weighted by atomic mass is 16.5. The van der Waals surface area contributed by atoms with Crippen LogP contribution >= 0.6 is 0 Å². The first kappa shape index (κ1) is 19.0. The summed E-state index contributed by atoms with van der Waals surface area (Å²) in [5.74, 6) is -0.172. The van der Waals surface area contributed by atoms with Gasteiger partial charge in [-0.2, -0.15) is 0 Å². The Bertz CT molecular complexity index is 280. The third-order valence-corrected chi connectivity index (χ3v) is 2.07. The molecule has 104 valence electrons. The lowest BCUT2D eigenvalue weighted by molar-refractivity contribution is -0.147. The van der Waals surface area contributed by atoms with Crippen molar-refractivity contribution < 1.29 is 9.53 Å². The topological polar surface area (TPSA) is 26.3 Å². The molecular formula is C16H28O2. The fraction of sp³-hybridized carbons (Fsp3) is 0.562. The van der Waals surface area contributed by atoms with Gasteiger partial charge >= 0.3 is 5.97 Å². The molecule has 0 aliphatic carbocycles. The van der Waals surface area contributed by atoms with Crippen molar-refractivity contribution in [2.24, 2.45) is 5.92 Å². The molecular weight excluding hydrogens is 224 g/mol. The van der Waals surface area contributed by atoms with Gasteiger partial charge in [0.05, 0.1) is 12.5 Å². The van der Waals surface area contributed by atoms with Gasteiger partial charge in [-0.3, -0.25) is 4.79 Å². The Hall–Kier alpha value is -1.31. The second-order valence-corrected chi connectivity index (χ2v) is 3.34. The van der Waals surface area contributed by atoms with Gasteiger partial charge in [-0.1, -0.05) is 65.0 Å². The Morgan fingerprint density at radius 3 is 2.06 bits per heavy atom. The minimum Gasteiger partial charge on any atom is -0.466 e. The van der Waals surface area contributed by atoms with Crippen molar-refractivity contribution in [3.05, 3.63) is 35.9 Å². The lowest BCUT2D eigenvalue weighted by Gasteiger charge is -2.09. The minimum atomic E-state index is -0.114. The molecule has 1 rings (SSSR count). The maximum absolute atomic E-state index is 11.3. The number of esters is 1.